The molecule has 1 aromatic heterocycles. The maximum Gasteiger partial charge on any atom is 0.287 e. The number of sulfonamides is 1. The summed E-state index contributed by atoms with van der Waals surface area (Å²) in [7, 11) is -3.69. The zero-order valence-corrected chi connectivity index (χ0v) is 18.1. The summed E-state index contributed by atoms with van der Waals surface area (Å²) in [5.74, 6) is -0.0173. The zero-order valence-electron chi connectivity index (χ0n) is 17.3. The van der Waals surface area contributed by atoms with Crippen molar-refractivity contribution in [2.24, 2.45) is 5.92 Å². The Morgan fingerprint density at radius 1 is 1.07 bits per heavy atom. The predicted octanol–water partition coefficient (Wildman–Crippen LogP) is 0.921. The molecule has 3 saturated heterocycles. The van der Waals surface area contributed by atoms with E-state index in [2.05, 4.69) is 10.2 Å². The Hall–Kier alpha value is -1.46. The normalized spacial score (nSPS) is 25.3. The van der Waals surface area contributed by atoms with Gasteiger partial charge < -0.3 is 19.2 Å². The van der Waals surface area contributed by atoms with E-state index < -0.39 is 15.9 Å². The fourth-order valence-electron chi connectivity index (χ4n) is 4.46. The third-order valence-corrected chi connectivity index (χ3v) is 7.98. The van der Waals surface area contributed by atoms with Crippen molar-refractivity contribution in [3.8, 4) is 0 Å². The van der Waals surface area contributed by atoms with Gasteiger partial charge in [-0.15, -0.1) is 0 Å². The van der Waals surface area contributed by atoms with Gasteiger partial charge in [0.25, 0.3) is 15.9 Å². The van der Waals surface area contributed by atoms with Crippen molar-refractivity contribution in [2.75, 3.05) is 59.2 Å². The Morgan fingerprint density at radius 2 is 1.83 bits per heavy atom. The van der Waals surface area contributed by atoms with E-state index in [1.54, 1.807) is 0 Å². The zero-order chi connectivity index (χ0) is 21.0. The number of amides is 1. The Balaban J connectivity index is 1.39. The molecule has 0 spiro atoms. The van der Waals surface area contributed by atoms with Gasteiger partial charge in [-0.3, -0.25) is 9.69 Å². The van der Waals surface area contributed by atoms with Crippen molar-refractivity contribution < 1.29 is 27.1 Å². The second-order valence-electron chi connectivity index (χ2n) is 8.13. The summed E-state index contributed by atoms with van der Waals surface area (Å²) in [6.07, 6.45) is 3.70. The number of furan rings is 1. The lowest BCUT2D eigenvalue weighted by Gasteiger charge is -2.37. The van der Waals surface area contributed by atoms with Crippen LogP contribution in [-0.2, 0) is 19.5 Å². The molecule has 1 N–H and O–H groups in total. The van der Waals surface area contributed by atoms with Gasteiger partial charge in [-0.1, -0.05) is 6.42 Å². The average molecular weight is 442 g/mol. The standard InChI is InChI=1S/C20H31N3O6S/c24-20(18-4-5-19(29-18)30(25,26)23-7-2-1-3-8-23)21-14-17(16-6-11-28-15-16)22-9-12-27-13-10-22/h4-5,16-17H,1-3,6-15H2,(H,21,24). The molecule has 0 aliphatic carbocycles. The van der Waals surface area contributed by atoms with Gasteiger partial charge in [-0.05, 0) is 31.4 Å². The van der Waals surface area contributed by atoms with E-state index in [9.17, 15) is 13.2 Å². The minimum atomic E-state index is -3.69. The molecular weight excluding hydrogens is 410 g/mol. The average Bonchev–Trinajstić information content (AvgIpc) is 3.48. The first-order valence-corrected chi connectivity index (χ1v) is 12.3. The summed E-state index contributed by atoms with van der Waals surface area (Å²) < 4.78 is 43.4. The van der Waals surface area contributed by atoms with Crippen molar-refractivity contribution >= 4 is 15.9 Å². The molecule has 2 unspecified atom stereocenters. The van der Waals surface area contributed by atoms with Crippen LogP contribution in [0.5, 0.6) is 0 Å². The van der Waals surface area contributed by atoms with Gasteiger partial charge in [-0.2, -0.15) is 4.31 Å². The SMILES string of the molecule is O=C(NCC(C1CCOC1)N1CCOCC1)c1ccc(S(=O)(=O)N2CCCCC2)o1. The first kappa shape index (κ1) is 21.8. The van der Waals surface area contributed by atoms with E-state index in [4.69, 9.17) is 13.9 Å². The molecule has 9 nitrogen and oxygen atoms in total. The van der Waals surface area contributed by atoms with E-state index in [1.807, 2.05) is 0 Å². The third-order valence-electron chi connectivity index (χ3n) is 6.21. The quantitative estimate of drug-likeness (QED) is 0.671. The summed E-state index contributed by atoms with van der Waals surface area (Å²) in [5, 5.41) is 2.77. The van der Waals surface area contributed by atoms with E-state index in [0.29, 0.717) is 45.4 Å². The molecule has 0 aromatic carbocycles. The maximum absolute atomic E-state index is 12.7. The summed E-state index contributed by atoms with van der Waals surface area (Å²) in [6, 6.07) is 2.98. The minimum Gasteiger partial charge on any atom is -0.438 e. The second-order valence-corrected chi connectivity index (χ2v) is 10.0. The number of piperidine rings is 1. The minimum absolute atomic E-state index is 0.0222. The molecule has 0 saturated carbocycles. The molecule has 3 aliphatic heterocycles. The Bertz CT molecular complexity index is 808. The highest BCUT2D eigenvalue weighted by Gasteiger charge is 2.33. The number of morpholine rings is 1. The lowest BCUT2D eigenvalue weighted by atomic mass is 9.97. The summed E-state index contributed by atoms with van der Waals surface area (Å²) in [4.78, 5) is 15.0. The van der Waals surface area contributed by atoms with Gasteiger partial charge in [0, 0.05) is 51.3 Å². The first-order valence-electron chi connectivity index (χ1n) is 10.8. The smallest absolute Gasteiger partial charge is 0.287 e. The van der Waals surface area contributed by atoms with E-state index in [1.165, 1.54) is 16.4 Å². The van der Waals surface area contributed by atoms with Gasteiger partial charge in [0.1, 0.15) is 0 Å². The van der Waals surface area contributed by atoms with Gasteiger partial charge in [0.15, 0.2) is 5.76 Å². The molecule has 3 aliphatic rings. The van der Waals surface area contributed by atoms with Crippen LogP contribution < -0.4 is 5.32 Å². The van der Waals surface area contributed by atoms with Crippen molar-refractivity contribution in [2.45, 2.75) is 36.8 Å². The maximum atomic E-state index is 12.7. The fraction of sp³-hybridized carbons (Fsp3) is 0.750. The van der Waals surface area contributed by atoms with Gasteiger partial charge in [-0.25, -0.2) is 8.42 Å². The molecule has 4 rings (SSSR count). The Labute approximate surface area is 177 Å². The van der Waals surface area contributed by atoms with E-state index in [-0.39, 0.29) is 16.9 Å². The molecule has 0 radical (unpaired) electrons. The number of nitrogens with zero attached hydrogens (tertiary/aromatic N) is 2. The van der Waals surface area contributed by atoms with E-state index in [0.717, 1.165) is 45.4 Å². The Morgan fingerprint density at radius 3 is 2.53 bits per heavy atom. The number of carbonyl (C=O) groups excluding carboxylic acids is 1. The van der Waals surface area contributed by atoms with E-state index >= 15 is 0 Å². The molecule has 1 aromatic rings. The van der Waals surface area contributed by atoms with Crippen molar-refractivity contribution in [1.29, 1.82) is 0 Å². The van der Waals surface area contributed by atoms with Crippen LogP contribution in [0.3, 0.4) is 0 Å². The molecule has 1 amide bonds. The van der Waals surface area contributed by atoms with Gasteiger partial charge in [0.2, 0.25) is 5.09 Å². The molecule has 2 atom stereocenters. The highest BCUT2D eigenvalue weighted by atomic mass is 32.2. The summed E-state index contributed by atoms with van der Waals surface area (Å²) >= 11 is 0. The largest absolute Gasteiger partial charge is 0.438 e. The number of rotatable bonds is 7. The molecule has 0 bridgehead atoms. The van der Waals surface area contributed by atoms with Crippen LogP contribution in [0.4, 0.5) is 0 Å². The number of hydrogen-bond acceptors (Lipinski definition) is 7. The Kier molecular flexibility index (Phi) is 7.09. The van der Waals surface area contributed by atoms with Crippen LogP contribution >= 0.6 is 0 Å². The second kappa shape index (κ2) is 9.78. The molecule has 3 fully saturated rings. The topological polar surface area (TPSA) is 101 Å². The number of carbonyl (C=O) groups is 1. The van der Waals surface area contributed by atoms with Gasteiger partial charge in [0.05, 0.1) is 19.8 Å². The summed E-state index contributed by atoms with van der Waals surface area (Å²) in [6.45, 7) is 5.92. The predicted molar refractivity (Wildman–Crippen MR) is 109 cm³/mol. The highest BCUT2D eigenvalue weighted by Crippen LogP contribution is 2.24. The van der Waals surface area contributed by atoms with Crippen molar-refractivity contribution in [3.63, 3.8) is 0 Å². The van der Waals surface area contributed by atoms with Crippen LogP contribution in [0.15, 0.2) is 21.6 Å². The molecular formula is C20H31N3O6S. The lowest BCUT2D eigenvalue weighted by molar-refractivity contribution is 0.00159. The van der Waals surface area contributed by atoms with Crippen molar-refractivity contribution in [1.82, 2.24) is 14.5 Å². The van der Waals surface area contributed by atoms with Crippen molar-refractivity contribution in [3.05, 3.63) is 17.9 Å². The van der Waals surface area contributed by atoms with Gasteiger partial charge >= 0.3 is 0 Å². The van der Waals surface area contributed by atoms with Crippen LogP contribution in [0.1, 0.15) is 36.2 Å². The number of ether oxygens (including phenoxy) is 2. The molecule has 4 heterocycles. The molecule has 168 valence electrons. The van der Waals surface area contributed by atoms with Crippen LogP contribution in [0.2, 0.25) is 0 Å². The molecule has 30 heavy (non-hydrogen) atoms. The molecule has 10 heteroatoms. The van der Waals surface area contributed by atoms with Crippen LogP contribution in [0.25, 0.3) is 0 Å². The lowest BCUT2D eigenvalue weighted by Crippen LogP contribution is -2.52. The number of nitrogens with one attached hydrogen (secondary N) is 1. The third kappa shape index (κ3) is 4.88. The summed E-state index contributed by atoms with van der Waals surface area (Å²) in [5.41, 5.74) is 0. The highest BCUT2D eigenvalue weighted by molar-refractivity contribution is 7.89. The first-order chi connectivity index (χ1) is 14.6. The monoisotopic (exact) mass is 441 g/mol. The fourth-order valence-corrected chi connectivity index (χ4v) is 5.89. The van der Waals surface area contributed by atoms with Crippen LogP contribution in [-0.4, -0.2) is 88.7 Å². The number of hydrogen-bond donors (Lipinski definition) is 1. The van der Waals surface area contributed by atoms with Crippen LogP contribution in [0, 0.1) is 5.92 Å².